The smallest absolute Gasteiger partial charge is 0.258 e. The van der Waals surface area contributed by atoms with Crippen LogP contribution in [0.1, 0.15) is 66.2 Å². The van der Waals surface area contributed by atoms with Crippen molar-refractivity contribution in [2.24, 2.45) is 0 Å². The van der Waals surface area contributed by atoms with Gasteiger partial charge in [0, 0.05) is 0 Å². The minimum Gasteiger partial charge on any atom is -0.424 e. The van der Waals surface area contributed by atoms with E-state index >= 15 is 0 Å². The molecular weight excluding hydrogens is 476 g/mol. The summed E-state index contributed by atoms with van der Waals surface area (Å²) in [5.74, 6) is -0.734. The van der Waals surface area contributed by atoms with Gasteiger partial charge in [-0.1, -0.05) is 74.5 Å². The van der Waals surface area contributed by atoms with Gasteiger partial charge in [0.25, 0.3) is 8.32 Å². The van der Waals surface area contributed by atoms with E-state index < -0.39 is 44.6 Å². The van der Waals surface area contributed by atoms with Crippen LogP contribution in [0.4, 0.5) is 0 Å². The maximum Gasteiger partial charge on any atom is 0.258 e. The summed E-state index contributed by atoms with van der Waals surface area (Å²) in [7, 11) is -6.59. The third-order valence-corrected chi connectivity index (χ3v) is 16.9. The van der Waals surface area contributed by atoms with Crippen molar-refractivity contribution in [3.8, 4) is 0 Å². The molecular formula is C28H38O5SSi. The van der Waals surface area contributed by atoms with Crippen LogP contribution in [0.3, 0.4) is 0 Å². The summed E-state index contributed by atoms with van der Waals surface area (Å²) in [4.78, 5) is 12.5. The zero-order chi connectivity index (χ0) is 25.2. The zero-order valence-electron chi connectivity index (χ0n) is 21.3. The van der Waals surface area contributed by atoms with Gasteiger partial charge < -0.3 is 14.3 Å². The Kier molecular flexibility index (Phi) is 5.93. The molecule has 1 N–H and O–H groups in total. The highest BCUT2D eigenvalue weighted by molar-refractivity contribution is 7.94. The van der Waals surface area contributed by atoms with Crippen molar-refractivity contribution in [2.75, 3.05) is 6.61 Å². The van der Waals surface area contributed by atoms with Crippen LogP contribution in [0.2, 0.25) is 5.04 Å². The highest BCUT2D eigenvalue weighted by Crippen LogP contribution is 2.62. The Morgan fingerprint density at radius 1 is 0.943 bits per heavy atom. The third-order valence-electron chi connectivity index (χ3n) is 8.82. The molecule has 5 rings (SSSR count). The summed E-state index contributed by atoms with van der Waals surface area (Å²) in [5.41, 5.74) is 0. The van der Waals surface area contributed by atoms with Gasteiger partial charge in [-0.05, 0) is 67.8 Å². The molecule has 3 aliphatic rings. The van der Waals surface area contributed by atoms with E-state index in [2.05, 4.69) is 13.8 Å². The molecule has 1 saturated heterocycles. The second-order valence-electron chi connectivity index (χ2n) is 11.9. The van der Waals surface area contributed by atoms with E-state index in [-0.39, 0.29) is 0 Å². The Morgan fingerprint density at radius 3 is 1.86 bits per heavy atom. The van der Waals surface area contributed by atoms with Crippen molar-refractivity contribution in [3.63, 3.8) is 0 Å². The summed E-state index contributed by atoms with van der Waals surface area (Å²) >= 11 is 0. The first-order valence-electron chi connectivity index (χ1n) is 12.8. The molecule has 0 spiro atoms. The quantitative estimate of drug-likeness (QED) is 0.514. The van der Waals surface area contributed by atoms with E-state index in [1.807, 2.05) is 74.5 Å². The second kappa shape index (κ2) is 8.25. The fourth-order valence-electron chi connectivity index (χ4n) is 6.08. The molecule has 0 bridgehead atoms. The number of benzene rings is 2. The molecule has 35 heavy (non-hydrogen) atoms. The molecule has 0 aromatic heterocycles. The molecule has 0 amide bonds. The Hall–Kier alpha value is -1.51. The van der Waals surface area contributed by atoms with E-state index in [0.29, 0.717) is 45.1 Å². The lowest BCUT2D eigenvalue weighted by Crippen LogP contribution is -2.65. The fourth-order valence-corrected chi connectivity index (χ4v) is 12.8. The Labute approximate surface area is 210 Å². The average molecular weight is 515 g/mol. The summed E-state index contributed by atoms with van der Waals surface area (Å²) in [6, 6.07) is 19.9. The van der Waals surface area contributed by atoms with Crippen LogP contribution in [-0.2, 0) is 19.3 Å². The Morgan fingerprint density at radius 2 is 1.46 bits per heavy atom. The van der Waals surface area contributed by atoms with Crippen LogP contribution in [0.5, 0.6) is 0 Å². The van der Waals surface area contributed by atoms with Crippen molar-refractivity contribution in [3.05, 3.63) is 60.7 Å². The molecule has 2 aromatic carbocycles. The maximum absolute atomic E-state index is 14.1. The van der Waals surface area contributed by atoms with Gasteiger partial charge in [-0.15, -0.1) is 0 Å². The molecule has 190 valence electrons. The minimum atomic E-state index is -3.42. The maximum atomic E-state index is 14.1. The van der Waals surface area contributed by atoms with Crippen molar-refractivity contribution in [2.45, 2.75) is 92.6 Å². The first-order chi connectivity index (χ1) is 16.4. The van der Waals surface area contributed by atoms with Crippen LogP contribution in [0, 0.1) is 0 Å². The average Bonchev–Trinajstić information content (AvgIpc) is 3.76. The normalized spacial score (nSPS) is 24.8. The van der Waals surface area contributed by atoms with Gasteiger partial charge in [0.05, 0.1) is 11.4 Å². The number of hydrogen-bond acceptors (Lipinski definition) is 5. The molecule has 5 nitrogen and oxygen atoms in total. The highest BCUT2D eigenvalue weighted by Gasteiger charge is 2.71. The first-order valence-corrected chi connectivity index (χ1v) is 16.2. The zero-order valence-corrected chi connectivity index (χ0v) is 23.1. The molecule has 1 atom stereocenters. The molecule has 1 unspecified atom stereocenters. The predicted octanol–water partition coefficient (Wildman–Crippen LogP) is 3.93. The van der Waals surface area contributed by atoms with Crippen molar-refractivity contribution >= 4 is 28.5 Å². The molecule has 2 aliphatic carbocycles. The van der Waals surface area contributed by atoms with Crippen molar-refractivity contribution in [1.29, 1.82) is 0 Å². The van der Waals surface area contributed by atoms with Crippen molar-refractivity contribution in [1.82, 2.24) is 0 Å². The van der Waals surface area contributed by atoms with E-state index in [4.69, 9.17) is 9.47 Å². The van der Waals surface area contributed by atoms with E-state index in [1.54, 1.807) is 0 Å². The van der Waals surface area contributed by atoms with Gasteiger partial charge in [-0.3, -0.25) is 0 Å². The van der Waals surface area contributed by atoms with Crippen LogP contribution in [-0.4, -0.2) is 49.5 Å². The third kappa shape index (κ3) is 3.95. The standard InChI is InChI=1S/C28H38O5SSi/c1-25(2,35(31,22-11-7-5-8-12-22)23-13-9-6-10-14-23)15-16-27(17-18-27)34(29,30)28(19-20-28)24-21-32-26(3,4)33-24/h5-14,24,31H,15-21H2,1-4H3. The van der Waals surface area contributed by atoms with Gasteiger partial charge in [0.2, 0.25) is 0 Å². The Balaban J connectivity index is 1.42. The summed E-state index contributed by atoms with van der Waals surface area (Å²) in [6.07, 6.45) is 3.50. The van der Waals surface area contributed by atoms with Crippen LogP contribution < -0.4 is 10.4 Å². The van der Waals surface area contributed by atoms with E-state index in [0.717, 1.165) is 10.4 Å². The van der Waals surface area contributed by atoms with Crippen LogP contribution in [0.25, 0.3) is 0 Å². The monoisotopic (exact) mass is 514 g/mol. The number of rotatable bonds is 9. The SMILES string of the molecule is CC1(C)OCC(C2(S(=O)(=O)C3(CCC(C)(C)[Si](O)(c4ccccc4)c4ccccc4)CC3)CC2)O1. The van der Waals surface area contributed by atoms with Gasteiger partial charge >= 0.3 is 0 Å². The van der Waals surface area contributed by atoms with Gasteiger partial charge in [-0.2, -0.15) is 0 Å². The topological polar surface area (TPSA) is 72.8 Å². The first kappa shape index (κ1) is 25.1. The van der Waals surface area contributed by atoms with Gasteiger partial charge in [0.15, 0.2) is 15.6 Å². The highest BCUT2D eigenvalue weighted by atomic mass is 32.2. The van der Waals surface area contributed by atoms with E-state index in [1.165, 1.54) is 0 Å². The number of sulfone groups is 1. The van der Waals surface area contributed by atoms with Crippen LogP contribution in [0.15, 0.2) is 60.7 Å². The minimum absolute atomic E-state index is 0.336. The lowest BCUT2D eigenvalue weighted by atomic mass is 10.0. The molecule has 0 radical (unpaired) electrons. The summed E-state index contributed by atoms with van der Waals surface area (Å²) in [6.45, 7) is 8.27. The largest absolute Gasteiger partial charge is 0.424 e. The molecule has 1 aliphatic heterocycles. The fraction of sp³-hybridized carbons (Fsp3) is 0.571. The van der Waals surface area contributed by atoms with E-state index in [9.17, 15) is 13.2 Å². The van der Waals surface area contributed by atoms with Gasteiger partial charge in [-0.25, -0.2) is 8.42 Å². The second-order valence-corrected chi connectivity index (χ2v) is 18.5. The van der Waals surface area contributed by atoms with Crippen LogP contribution >= 0.6 is 0 Å². The number of hydrogen-bond donors (Lipinski definition) is 1. The molecule has 1 heterocycles. The lowest BCUT2D eigenvalue weighted by Gasteiger charge is -2.42. The molecule has 2 aromatic rings. The predicted molar refractivity (Wildman–Crippen MR) is 141 cm³/mol. The Bertz CT molecular complexity index is 1130. The summed E-state index contributed by atoms with van der Waals surface area (Å²) < 4.78 is 38.5. The molecule has 2 saturated carbocycles. The lowest BCUT2D eigenvalue weighted by molar-refractivity contribution is -0.139. The molecule has 3 fully saturated rings. The molecule has 7 heteroatoms. The van der Waals surface area contributed by atoms with Crippen molar-refractivity contribution < 1.29 is 22.7 Å². The summed E-state index contributed by atoms with van der Waals surface area (Å²) in [5, 5.41) is 1.45. The number of ether oxygens (including phenoxy) is 2. The van der Waals surface area contributed by atoms with Gasteiger partial charge in [0.1, 0.15) is 10.9 Å².